The average molecular weight is 511 g/mol. The van der Waals surface area contributed by atoms with Gasteiger partial charge in [0.15, 0.2) is 5.78 Å². The highest BCUT2D eigenvalue weighted by atomic mass is 19.4. The number of aliphatic hydroxyl groups is 1. The number of pyridine rings is 1. The zero-order valence-corrected chi connectivity index (χ0v) is 19.2. The van der Waals surface area contributed by atoms with Gasteiger partial charge in [0.2, 0.25) is 5.88 Å². The van der Waals surface area contributed by atoms with Gasteiger partial charge in [0.25, 0.3) is 0 Å². The van der Waals surface area contributed by atoms with Crippen molar-refractivity contribution in [3.05, 3.63) is 58.5 Å². The van der Waals surface area contributed by atoms with Gasteiger partial charge in [0, 0.05) is 18.0 Å². The van der Waals surface area contributed by atoms with Crippen LogP contribution in [-0.2, 0) is 23.6 Å². The number of fused-ring (bicyclic) bond motifs is 2. The second-order valence-electron chi connectivity index (χ2n) is 9.70. The average Bonchev–Trinajstić information content (AvgIpc) is 3.11. The van der Waals surface area contributed by atoms with Crippen LogP contribution in [0.15, 0.2) is 36.2 Å². The smallest absolute Gasteiger partial charge is 0.421 e. The van der Waals surface area contributed by atoms with Crippen LogP contribution < -0.4 is 4.74 Å². The predicted molar refractivity (Wildman–Crippen MR) is 117 cm³/mol. The van der Waals surface area contributed by atoms with E-state index >= 15 is 0 Å². The molecule has 6 rings (SSSR count). The summed E-state index contributed by atoms with van der Waals surface area (Å²) in [5.41, 5.74) is -1.98. The zero-order valence-electron chi connectivity index (χ0n) is 19.2. The second-order valence-corrected chi connectivity index (χ2v) is 9.70. The normalized spacial score (nSPS) is 25.9. The van der Waals surface area contributed by atoms with Gasteiger partial charge in [0.05, 0.1) is 11.1 Å². The first-order valence-electron chi connectivity index (χ1n) is 11.8. The molecule has 0 saturated heterocycles. The summed E-state index contributed by atoms with van der Waals surface area (Å²) >= 11 is 0. The molecule has 3 saturated carbocycles. The quantitative estimate of drug-likeness (QED) is 0.435. The molecule has 2 aromatic rings. The van der Waals surface area contributed by atoms with Gasteiger partial charge < -0.3 is 9.84 Å². The van der Waals surface area contributed by atoms with Gasteiger partial charge in [-0.25, -0.2) is 4.98 Å². The number of nitrogens with zero attached hydrogens (tertiary/aromatic N) is 1. The van der Waals surface area contributed by atoms with Crippen molar-refractivity contribution in [3.63, 3.8) is 0 Å². The lowest BCUT2D eigenvalue weighted by atomic mass is 9.59. The van der Waals surface area contributed by atoms with E-state index in [4.69, 9.17) is 4.74 Å². The van der Waals surface area contributed by atoms with Gasteiger partial charge in [-0.05, 0) is 73.3 Å². The molecule has 10 heteroatoms. The molecule has 2 bridgehead atoms. The number of Topliss-reactive ketones (excluding diaryl/α,β-unsaturated/α-hetero) is 1. The van der Waals surface area contributed by atoms with Crippen molar-refractivity contribution in [3.8, 4) is 11.6 Å². The molecule has 3 fully saturated rings. The Morgan fingerprint density at radius 3 is 2.17 bits per heavy atom. The minimum Gasteiger partial charge on any atom is -0.511 e. The number of carbonyl (C=O) groups is 1. The summed E-state index contributed by atoms with van der Waals surface area (Å²) in [7, 11) is 0. The van der Waals surface area contributed by atoms with Crippen LogP contribution in [0.25, 0.3) is 5.57 Å². The molecule has 1 heterocycles. The van der Waals surface area contributed by atoms with E-state index in [-0.39, 0.29) is 58.8 Å². The van der Waals surface area contributed by atoms with E-state index in [0.29, 0.717) is 17.5 Å². The van der Waals surface area contributed by atoms with Gasteiger partial charge in [-0.3, -0.25) is 4.79 Å². The molecule has 4 aliphatic rings. The molecule has 0 spiro atoms. The standard InChI is InChI=1S/C26H23F6NO3/c1-2-12-7-8-16(36-24-18(26(30,31)32)9-15(11-33-24)25(27,28)29)10-17(12)21-22(34)19-13-3-4-14(6-5-13)20(19)23(21)35/h7-11,13-14,19-20,34H,2-6H2,1H3/t13-,14+,19?,20?. The van der Waals surface area contributed by atoms with E-state index in [2.05, 4.69) is 4.98 Å². The summed E-state index contributed by atoms with van der Waals surface area (Å²) in [5, 5.41) is 11.1. The Bertz CT molecular complexity index is 1240. The van der Waals surface area contributed by atoms with Crippen molar-refractivity contribution in [2.75, 3.05) is 0 Å². The summed E-state index contributed by atoms with van der Waals surface area (Å²) in [6.07, 6.45) is -5.64. The predicted octanol–water partition coefficient (Wildman–Crippen LogP) is 7.38. The Morgan fingerprint density at radius 2 is 1.61 bits per heavy atom. The number of halogens is 6. The fourth-order valence-corrected chi connectivity index (χ4v) is 6.11. The van der Waals surface area contributed by atoms with Gasteiger partial charge in [-0.1, -0.05) is 13.0 Å². The Balaban J connectivity index is 1.55. The lowest BCUT2D eigenvalue weighted by molar-refractivity contribution is -0.144. The molecule has 0 radical (unpaired) electrons. The summed E-state index contributed by atoms with van der Waals surface area (Å²) in [5.74, 6) is -1.44. The first kappa shape index (κ1) is 24.6. The van der Waals surface area contributed by atoms with E-state index in [1.165, 1.54) is 12.1 Å². The molecule has 36 heavy (non-hydrogen) atoms. The molecule has 1 N–H and O–H groups in total. The molecule has 4 aliphatic carbocycles. The maximum atomic E-state index is 13.5. The number of ketones is 1. The Hall–Kier alpha value is -3.04. The van der Waals surface area contributed by atoms with Crippen LogP contribution in [0.4, 0.5) is 26.3 Å². The van der Waals surface area contributed by atoms with Crippen molar-refractivity contribution in [1.29, 1.82) is 0 Å². The molecule has 4 nitrogen and oxygen atoms in total. The van der Waals surface area contributed by atoms with Crippen molar-refractivity contribution in [2.24, 2.45) is 23.7 Å². The highest BCUT2D eigenvalue weighted by Crippen LogP contribution is 2.57. The summed E-state index contributed by atoms with van der Waals surface area (Å²) in [6, 6.07) is 4.27. The number of rotatable bonds is 4. The maximum Gasteiger partial charge on any atom is 0.421 e. The second kappa shape index (κ2) is 8.52. The summed E-state index contributed by atoms with van der Waals surface area (Å²) < 4.78 is 84.9. The van der Waals surface area contributed by atoms with Crippen LogP contribution >= 0.6 is 0 Å². The Labute approximate surface area is 203 Å². The SMILES string of the molecule is CCc1ccc(Oc2ncc(C(F)(F)F)cc2C(F)(F)F)cc1C1=C(O)C2C(C1=O)[C@H]1CC[C@@H]2CC1. The van der Waals surface area contributed by atoms with Crippen LogP contribution in [0.2, 0.25) is 0 Å². The number of ether oxygens (including phenoxy) is 1. The monoisotopic (exact) mass is 511 g/mol. The molecular formula is C26H23F6NO3. The Kier molecular flexibility index (Phi) is 5.83. The van der Waals surface area contributed by atoms with E-state index in [0.717, 1.165) is 25.7 Å². The van der Waals surface area contributed by atoms with Crippen LogP contribution in [0.1, 0.15) is 54.9 Å². The molecule has 2 atom stereocenters. The first-order chi connectivity index (χ1) is 16.9. The van der Waals surface area contributed by atoms with Crippen LogP contribution in [0, 0.1) is 23.7 Å². The van der Waals surface area contributed by atoms with Crippen LogP contribution in [0.3, 0.4) is 0 Å². The van der Waals surface area contributed by atoms with E-state index < -0.39 is 29.4 Å². The molecule has 0 aliphatic heterocycles. The number of allylic oxidation sites excluding steroid dienone is 2. The minimum atomic E-state index is -5.15. The number of carbonyl (C=O) groups excluding carboxylic acids is 1. The molecule has 2 unspecified atom stereocenters. The molecule has 192 valence electrons. The number of alkyl halides is 6. The number of aryl methyl sites for hydroxylation is 1. The number of hydrogen-bond acceptors (Lipinski definition) is 4. The van der Waals surface area contributed by atoms with Gasteiger partial charge in [-0.15, -0.1) is 0 Å². The molecule has 0 amide bonds. The molecule has 1 aromatic heterocycles. The van der Waals surface area contributed by atoms with Gasteiger partial charge in [0.1, 0.15) is 17.1 Å². The lowest BCUT2D eigenvalue weighted by Gasteiger charge is -2.44. The highest BCUT2D eigenvalue weighted by Gasteiger charge is 2.54. The van der Waals surface area contributed by atoms with Gasteiger partial charge >= 0.3 is 12.4 Å². The topological polar surface area (TPSA) is 59.4 Å². The van der Waals surface area contributed by atoms with Crippen LogP contribution in [0.5, 0.6) is 11.6 Å². The molecular weight excluding hydrogens is 488 g/mol. The van der Waals surface area contributed by atoms with E-state index in [9.17, 15) is 36.2 Å². The van der Waals surface area contributed by atoms with Gasteiger partial charge in [-0.2, -0.15) is 26.3 Å². The van der Waals surface area contributed by atoms with Crippen molar-refractivity contribution < 1.29 is 41.0 Å². The fourth-order valence-electron chi connectivity index (χ4n) is 6.11. The molecule has 1 aromatic carbocycles. The van der Waals surface area contributed by atoms with E-state index in [1.54, 1.807) is 6.07 Å². The number of aromatic nitrogens is 1. The third-order valence-electron chi connectivity index (χ3n) is 7.77. The Morgan fingerprint density at radius 1 is 0.972 bits per heavy atom. The number of benzene rings is 1. The number of hydrogen-bond donors (Lipinski definition) is 1. The zero-order chi connectivity index (χ0) is 26.0. The first-order valence-corrected chi connectivity index (χ1v) is 11.8. The van der Waals surface area contributed by atoms with Crippen molar-refractivity contribution >= 4 is 11.4 Å². The maximum absolute atomic E-state index is 13.5. The lowest BCUT2D eigenvalue weighted by Crippen LogP contribution is -2.41. The third kappa shape index (κ3) is 4.04. The largest absolute Gasteiger partial charge is 0.511 e. The third-order valence-corrected chi connectivity index (χ3v) is 7.77. The number of aliphatic hydroxyl groups excluding tert-OH is 1. The van der Waals surface area contributed by atoms with Crippen molar-refractivity contribution in [1.82, 2.24) is 4.98 Å². The minimum absolute atomic E-state index is 0.0230. The summed E-state index contributed by atoms with van der Waals surface area (Å²) in [4.78, 5) is 16.8. The fraction of sp³-hybridized carbons (Fsp3) is 0.462. The highest BCUT2D eigenvalue weighted by molar-refractivity contribution is 6.25. The van der Waals surface area contributed by atoms with Crippen LogP contribution in [-0.4, -0.2) is 15.9 Å². The van der Waals surface area contributed by atoms with E-state index in [1.807, 2.05) is 6.92 Å². The van der Waals surface area contributed by atoms with Crippen molar-refractivity contribution in [2.45, 2.75) is 51.4 Å². The summed E-state index contributed by atoms with van der Waals surface area (Å²) in [6.45, 7) is 1.84.